The molecule has 0 bridgehead atoms. The molecule has 2 atom stereocenters. The minimum Gasteiger partial charge on any atom is -0.460 e. The smallest absolute Gasteiger partial charge is 0.302 e. The summed E-state index contributed by atoms with van der Waals surface area (Å²) >= 11 is 0. The number of aliphatic hydroxyl groups excluding tert-OH is 2. The first-order valence-corrected chi connectivity index (χ1v) is 14.0. The Morgan fingerprint density at radius 1 is 0.605 bits per heavy atom. The van der Waals surface area contributed by atoms with Crippen LogP contribution in [0.15, 0.2) is 97.1 Å². The summed E-state index contributed by atoms with van der Waals surface area (Å²) in [5.41, 5.74) is 7.91. The Balaban J connectivity index is 1.47. The molecule has 0 aromatic heterocycles. The molecule has 0 spiro atoms. The Bertz CT molecular complexity index is 1440. The summed E-state index contributed by atoms with van der Waals surface area (Å²) in [7, 11) is 0. The van der Waals surface area contributed by atoms with Crippen molar-refractivity contribution >= 4 is 11.9 Å². The van der Waals surface area contributed by atoms with E-state index in [9.17, 15) is 19.8 Å². The van der Waals surface area contributed by atoms with Crippen LogP contribution in [0.5, 0.6) is 0 Å². The second-order valence-corrected chi connectivity index (χ2v) is 10.4. The zero-order chi connectivity index (χ0) is 30.4. The second-order valence-electron chi connectivity index (χ2n) is 10.4. The average Bonchev–Trinajstić information content (AvgIpc) is 3.32. The fourth-order valence-electron chi connectivity index (χ4n) is 5.58. The number of esters is 2. The molecule has 0 fully saturated rings. The number of carbonyl (C=O) groups is 2. The highest BCUT2D eigenvalue weighted by Crippen LogP contribution is 2.55. The van der Waals surface area contributed by atoms with Gasteiger partial charge >= 0.3 is 11.9 Å². The van der Waals surface area contributed by atoms with Gasteiger partial charge < -0.3 is 29.2 Å². The van der Waals surface area contributed by atoms with Crippen LogP contribution in [0.25, 0.3) is 11.1 Å². The van der Waals surface area contributed by atoms with Gasteiger partial charge in [-0.05, 0) is 44.5 Å². The van der Waals surface area contributed by atoms with Crippen molar-refractivity contribution in [2.75, 3.05) is 13.2 Å². The van der Waals surface area contributed by atoms with E-state index in [1.807, 2.05) is 24.3 Å². The number of rotatable bonds is 12. The Morgan fingerprint density at radius 3 is 1.35 bits per heavy atom. The van der Waals surface area contributed by atoms with Gasteiger partial charge in [-0.1, -0.05) is 97.1 Å². The normalized spacial score (nSPS) is 14.3. The van der Waals surface area contributed by atoms with Gasteiger partial charge in [-0.15, -0.1) is 0 Å². The third-order valence-electron chi connectivity index (χ3n) is 7.47. The minimum atomic E-state index is -1.21. The maximum absolute atomic E-state index is 11.0. The molecular formula is C35H34O8. The Labute approximate surface area is 250 Å². The number of hydrogen-bond acceptors (Lipinski definition) is 8. The molecule has 43 heavy (non-hydrogen) atoms. The summed E-state index contributed by atoms with van der Waals surface area (Å²) in [6, 6.07) is 33.1. The first-order valence-electron chi connectivity index (χ1n) is 14.0. The molecule has 222 valence electrons. The zero-order valence-electron chi connectivity index (χ0n) is 24.1. The van der Waals surface area contributed by atoms with Crippen molar-refractivity contribution in [1.29, 1.82) is 0 Å². The number of benzene rings is 4. The molecule has 5 rings (SSSR count). The SMILES string of the molecule is CC(=O)OCC(O)OCc1ccc(C2(c3ccc(COC(O)COC(C)=O)cc3)c3ccccc3-c3ccccc32)cc1. The fraction of sp³-hybridized carbons (Fsp3) is 0.257. The fourth-order valence-corrected chi connectivity index (χ4v) is 5.58. The van der Waals surface area contributed by atoms with Crippen molar-refractivity contribution in [1.82, 2.24) is 0 Å². The number of carbonyl (C=O) groups excluding carboxylic acids is 2. The van der Waals surface area contributed by atoms with E-state index in [1.165, 1.54) is 25.0 Å². The lowest BCUT2D eigenvalue weighted by Gasteiger charge is -2.34. The van der Waals surface area contributed by atoms with Crippen LogP contribution in [-0.4, -0.2) is 47.9 Å². The molecule has 8 nitrogen and oxygen atoms in total. The van der Waals surface area contributed by atoms with E-state index in [0.29, 0.717) is 0 Å². The summed E-state index contributed by atoms with van der Waals surface area (Å²) in [5.74, 6) is -0.960. The maximum atomic E-state index is 11.0. The number of ether oxygens (including phenoxy) is 4. The molecule has 2 unspecified atom stereocenters. The third kappa shape index (κ3) is 6.53. The van der Waals surface area contributed by atoms with E-state index >= 15 is 0 Å². The van der Waals surface area contributed by atoms with Gasteiger partial charge in [-0.2, -0.15) is 0 Å². The number of aliphatic hydroxyl groups is 2. The van der Waals surface area contributed by atoms with Crippen LogP contribution < -0.4 is 0 Å². The van der Waals surface area contributed by atoms with Crippen molar-refractivity contribution in [3.63, 3.8) is 0 Å². The lowest BCUT2D eigenvalue weighted by atomic mass is 9.67. The van der Waals surface area contributed by atoms with Gasteiger partial charge in [0.2, 0.25) is 0 Å². The summed E-state index contributed by atoms with van der Waals surface area (Å²) < 4.78 is 20.6. The molecular weight excluding hydrogens is 548 g/mol. The van der Waals surface area contributed by atoms with E-state index < -0.39 is 29.9 Å². The molecule has 0 saturated heterocycles. The number of fused-ring (bicyclic) bond motifs is 3. The predicted molar refractivity (Wildman–Crippen MR) is 159 cm³/mol. The van der Waals surface area contributed by atoms with Gasteiger partial charge in [-0.3, -0.25) is 9.59 Å². The Hall–Kier alpha value is -4.34. The van der Waals surface area contributed by atoms with Gasteiger partial charge in [0.1, 0.15) is 13.2 Å². The topological polar surface area (TPSA) is 112 Å². The first kappa shape index (κ1) is 30.1. The van der Waals surface area contributed by atoms with E-state index in [4.69, 9.17) is 18.9 Å². The van der Waals surface area contributed by atoms with Crippen molar-refractivity contribution in [2.45, 2.75) is 45.1 Å². The van der Waals surface area contributed by atoms with Crippen LogP contribution in [0.3, 0.4) is 0 Å². The summed E-state index contributed by atoms with van der Waals surface area (Å²) in [4.78, 5) is 22.0. The quantitative estimate of drug-likeness (QED) is 0.159. The molecule has 1 aliphatic rings. The lowest BCUT2D eigenvalue weighted by molar-refractivity contribution is -0.166. The average molecular weight is 583 g/mol. The molecule has 0 heterocycles. The second kappa shape index (κ2) is 13.3. The molecule has 4 aromatic rings. The Morgan fingerprint density at radius 2 is 0.977 bits per heavy atom. The minimum absolute atomic E-state index is 0.154. The van der Waals surface area contributed by atoms with Crippen LogP contribution in [0.2, 0.25) is 0 Å². The van der Waals surface area contributed by atoms with Crippen molar-refractivity contribution in [2.24, 2.45) is 0 Å². The molecule has 0 radical (unpaired) electrons. The predicted octanol–water partition coefficient (Wildman–Crippen LogP) is 4.85. The summed E-state index contributed by atoms with van der Waals surface area (Å²) in [6.07, 6.45) is -2.43. The van der Waals surface area contributed by atoms with Crippen LogP contribution in [0, 0.1) is 0 Å². The third-order valence-corrected chi connectivity index (χ3v) is 7.47. The highest BCUT2D eigenvalue weighted by molar-refractivity contribution is 5.86. The van der Waals surface area contributed by atoms with E-state index in [-0.39, 0.29) is 26.4 Å². The first-order chi connectivity index (χ1) is 20.8. The van der Waals surface area contributed by atoms with Crippen molar-refractivity contribution in [3.8, 4) is 11.1 Å². The molecule has 4 aromatic carbocycles. The van der Waals surface area contributed by atoms with Gasteiger partial charge in [0, 0.05) is 13.8 Å². The van der Waals surface area contributed by atoms with Crippen molar-refractivity contribution < 1.29 is 38.7 Å². The summed E-state index contributed by atoms with van der Waals surface area (Å²) in [5, 5.41) is 20.0. The molecule has 0 amide bonds. The highest BCUT2D eigenvalue weighted by Gasteiger charge is 2.45. The van der Waals surface area contributed by atoms with Gasteiger partial charge in [-0.25, -0.2) is 0 Å². The molecule has 0 saturated carbocycles. The monoisotopic (exact) mass is 582 g/mol. The van der Waals surface area contributed by atoms with E-state index in [1.54, 1.807) is 0 Å². The largest absolute Gasteiger partial charge is 0.460 e. The van der Waals surface area contributed by atoms with Crippen LogP contribution in [0.4, 0.5) is 0 Å². The number of hydrogen-bond donors (Lipinski definition) is 2. The summed E-state index contributed by atoms with van der Waals surface area (Å²) in [6.45, 7) is 2.41. The van der Waals surface area contributed by atoms with Gasteiger partial charge in [0.15, 0.2) is 12.6 Å². The molecule has 2 N–H and O–H groups in total. The molecule has 0 aliphatic heterocycles. The van der Waals surface area contributed by atoms with Gasteiger partial charge in [0.25, 0.3) is 0 Å². The highest BCUT2D eigenvalue weighted by atomic mass is 16.6. The van der Waals surface area contributed by atoms with Crippen LogP contribution >= 0.6 is 0 Å². The zero-order valence-corrected chi connectivity index (χ0v) is 24.1. The van der Waals surface area contributed by atoms with Crippen molar-refractivity contribution in [3.05, 3.63) is 130 Å². The lowest BCUT2D eigenvalue weighted by Crippen LogP contribution is -2.28. The molecule has 8 heteroatoms. The van der Waals surface area contributed by atoms with Crippen LogP contribution in [0.1, 0.15) is 47.2 Å². The van der Waals surface area contributed by atoms with E-state index in [0.717, 1.165) is 33.4 Å². The molecule has 1 aliphatic carbocycles. The maximum Gasteiger partial charge on any atom is 0.302 e. The van der Waals surface area contributed by atoms with Crippen LogP contribution in [-0.2, 0) is 47.2 Å². The Kier molecular flexibility index (Phi) is 9.33. The van der Waals surface area contributed by atoms with Gasteiger partial charge in [0.05, 0.1) is 18.6 Å². The standard InChI is InChI=1S/C35H34O8/c1-23(36)40-21-33(38)42-19-25-11-15-27(16-12-25)35(31-9-5-3-7-29(31)30-8-4-6-10-32(30)35)28-17-13-26(14-18-28)20-43-34(39)22-41-24(2)37/h3-18,33-34,38-39H,19-22H2,1-2H3. The van der Waals surface area contributed by atoms with E-state index in [2.05, 4.69) is 72.8 Å².